The Kier molecular flexibility index (Phi) is 19.8. The number of aliphatic hydroxyl groups excluding tert-OH is 2. The van der Waals surface area contributed by atoms with Gasteiger partial charge in [0, 0.05) is 0 Å². The van der Waals surface area contributed by atoms with Gasteiger partial charge in [-0.15, -0.1) is 0 Å². The van der Waals surface area contributed by atoms with Gasteiger partial charge in [-0.25, -0.2) is 4.79 Å². The first-order chi connectivity index (χ1) is 22.9. The van der Waals surface area contributed by atoms with E-state index < -0.39 is 59.6 Å². The van der Waals surface area contributed by atoms with Crippen molar-refractivity contribution in [2.75, 3.05) is 6.61 Å². The molecule has 0 saturated carbocycles. The standard InChI is InChI=1S/C39H65NO9/c1-8-9-10-13-16-19-31(42)20-17-14-11-12-15-18-21-33(35(45)40-30(28-41)26-29-22-24-32(43)25-23-29)39(47,36(46)49-38(5,6)7)27-34(44)48-37(2,3)4/h18,21-25,30-31,33,41-43,47H,8-17,19-20,26-28H2,1-7H3,(H,40,45)/b21-18+/t30-,31?,33+,39-/m0/s1. The molecule has 0 aromatic heterocycles. The summed E-state index contributed by atoms with van der Waals surface area (Å²) in [6.45, 7) is 11.6. The van der Waals surface area contributed by atoms with Crippen LogP contribution < -0.4 is 5.32 Å². The fourth-order valence-corrected chi connectivity index (χ4v) is 5.46. The molecule has 1 rings (SSSR count). The third-order valence-electron chi connectivity index (χ3n) is 8.00. The summed E-state index contributed by atoms with van der Waals surface area (Å²) in [7, 11) is 0. The van der Waals surface area contributed by atoms with Crippen LogP contribution in [0.3, 0.4) is 0 Å². The van der Waals surface area contributed by atoms with Gasteiger partial charge in [-0.1, -0.05) is 82.6 Å². The number of phenolic OH excluding ortho intramolecular Hbond substituents is 1. The molecule has 5 N–H and O–H groups in total. The quantitative estimate of drug-likeness (QED) is 0.0493. The Morgan fingerprint density at radius 2 is 1.39 bits per heavy atom. The number of unbranched alkanes of at least 4 members (excludes halogenated alkanes) is 8. The van der Waals surface area contributed by atoms with Crippen LogP contribution in [-0.4, -0.2) is 73.8 Å². The largest absolute Gasteiger partial charge is 0.508 e. The van der Waals surface area contributed by atoms with Crippen LogP contribution in [0.5, 0.6) is 5.75 Å². The second-order valence-electron chi connectivity index (χ2n) is 15.2. The van der Waals surface area contributed by atoms with E-state index in [4.69, 9.17) is 9.47 Å². The van der Waals surface area contributed by atoms with Gasteiger partial charge in [0.2, 0.25) is 5.91 Å². The molecule has 1 unspecified atom stereocenters. The molecule has 4 atom stereocenters. The van der Waals surface area contributed by atoms with Crippen molar-refractivity contribution in [3.63, 3.8) is 0 Å². The summed E-state index contributed by atoms with van der Waals surface area (Å²) in [5, 5.41) is 44.7. The zero-order valence-electron chi connectivity index (χ0n) is 31.1. The predicted octanol–water partition coefficient (Wildman–Crippen LogP) is 6.45. The third kappa shape index (κ3) is 19.1. The summed E-state index contributed by atoms with van der Waals surface area (Å²) in [4.78, 5) is 40.5. The fraction of sp³-hybridized carbons (Fsp3) is 0.718. The first-order valence-electron chi connectivity index (χ1n) is 18.1. The van der Waals surface area contributed by atoms with Crippen molar-refractivity contribution < 1.29 is 44.3 Å². The zero-order chi connectivity index (χ0) is 37.1. The highest BCUT2D eigenvalue weighted by Crippen LogP contribution is 2.30. The van der Waals surface area contributed by atoms with Crippen molar-refractivity contribution >= 4 is 17.8 Å². The van der Waals surface area contributed by atoms with Crippen LogP contribution in [0.1, 0.15) is 138 Å². The van der Waals surface area contributed by atoms with E-state index in [9.17, 15) is 34.8 Å². The second-order valence-corrected chi connectivity index (χ2v) is 15.2. The summed E-state index contributed by atoms with van der Waals surface area (Å²) in [6, 6.07) is 5.53. The van der Waals surface area contributed by atoms with Crippen molar-refractivity contribution in [2.24, 2.45) is 5.92 Å². The lowest BCUT2D eigenvalue weighted by molar-refractivity contribution is -0.190. The van der Waals surface area contributed by atoms with Crippen molar-refractivity contribution in [3.8, 4) is 5.75 Å². The highest BCUT2D eigenvalue weighted by molar-refractivity contribution is 5.94. The Morgan fingerprint density at radius 1 is 0.837 bits per heavy atom. The van der Waals surface area contributed by atoms with E-state index in [2.05, 4.69) is 12.2 Å². The number of hydrogen-bond acceptors (Lipinski definition) is 9. The van der Waals surface area contributed by atoms with Gasteiger partial charge >= 0.3 is 11.9 Å². The normalized spacial score (nSPS) is 15.3. The molecule has 0 fully saturated rings. The molecule has 1 aromatic carbocycles. The van der Waals surface area contributed by atoms with E-state index in [0.717, 1.165) is 56.9 Å². The Bertz CT molecular complexity index is 1140. The molecule has 0 aliphatic heterocycles. The van der Waals surface area contributed by atoms with E-state index in [-0.39, 0.29) is 18.3 Å². The Balaban J connectivity index is 3.10. The number of carbonyl (C=O) groups excluding carboxylic acids is 3. The summed E-state index contributed by atoms with van der Waals surface area (Å²) >= 11 is 0. The number of benzene rings is 1. The van der Waals surface area contributed by atoms with E-state index >= 15 is 0 Å². The van der Waals surface area contributed by atoms with Crippen LogP contribution >= 0.6 is 0 Å². The molecule has 10 heteroatoms. The molecule has 0 spiro atoms. The van der Waals surface area contributed by atoms with E-state index in [1.165, 1.54) is 37.5 Å². The molecule has 0 saturated heterocycles. The van der Waals surface area contributed by atoms with Gasteiger partial charge in [0.05, 0.1) is 31.1 Å². The van der Waals surface area contributed by atoms with Gasteiger partial charge in [0.15, 0.2) is 5.60 Å². The molecule has 10 nitrogen and oxygen atoms in total. The van der Waals surface area contributed by atoms with Gasteiger partial charge in [0.25, 0.3) is 0 Å². The highest BCUT2D eigenvalue weighted by Gasteiger charge is 2.51. The molecule has 0 bridgehead atoms. The summed E-state index contributed by atoms with van der Waals surface area (Å²) in [5.41, 5.74) is -3.81. The number of allylic oxidation sites excluding steroid dienone is 1. The maximum absolute atomic E-state index is 13.9. The van der Waals surface area contributed by atoms with E-state index in [1.54, 1.807) is 59.8 Å². The summed E-state index contributed by atoms with van der Waals surface area (Å²) in [6.07, 6.45) is 13.9. The number of amides is 1. The summed E-state index contributed by atoms with van der Waals surface area (Å²) < 4.78 is 11.0. The van der Waals surface area contributed by atoms with Gasteiger partial charge in [-0.05, 0) is 91.3 Å². The fourth-order valence-electron chi connectivity index (χ4n) is 5.46. The minimum absolute atomic E-state index is 0.0776. The number of hydrogen-bond donors (Lipinski definition) is 5. The average molecular weight is 692 g/mol. The van der Waals surface area contributed by atoms with Crippen LogP contribution in [0.25, 0.3) is 0 Å². The molecule has 0 radical (unpaired) electrons. The molecular weight excluding hydrogens is 626 g/mol. The smallest absolute Gasteiger partial charge is 0.340 e. The Hall–Kier alpha value is -2.95. The monoisotopic (exact) mass is 691 g/mol. The van der Waals surface area contributed by atoms with E-state index in [0.29, 0.717) is 6.42 Å². The first-order valence-corrected chi connectivity index (χ1v) is 18.1. The average Bonchev–Trinajstić information content (AvgIpc) is 2.98. The van der Waals surface area contributed by atoms with E-state index in [1.807, 2.05) is 0 Å². The van der Waals surface area contributed by atoms with Crippen molar-refractivity contribution in [1.29, 1.82) is 0 Å². The number of ether oxygens (including phenoxy) is 2. The Labute approximate surface area is 294 Å². The van der Waals surface area contributed by atoms with Crippen LogP contribution in [0.2, 0.25) is 0 Å². The number of aliphatic hydroxyl groups is 3. The first kappa shape index (κ1) is 44.1. The molecule has 0 aliphatic rings. The minimum Gasteiger partial charge on any atom is -0.508 e. The van der Waals surface area contributed by atoms with Gasteiger partial charge < -0.3 is 35.2 Å². The zero-order valence-corrected chi connectivity index (χ0v) is 31.1. The molecule has 1 amide bonds. The van der Waals surface area contributed by atoms with Crippen LogP contribution in [0, 0.1) is 5.92 Å². The van der Waals surface area contributed by atoms with Crippen molar-refractivity contribution in [1.82, 2.24) is 5.32 Å². The highest BCUT2D eigenvalue weighted by atomic mass is 16.6. The Morgan fingerprint density at radius 3 is 1.92 bits per heavy atom. The molecule has 0 aliphatic carbocycles. The molecular formula is C39H65NO9. The lowest BCUT2D eigenvalue weighted by atomic mass is 9.82. The lowest BCUT2D eigenvalue weighted by Crippen LogP contribution is -2.56. The van der Waals surface area contributed by atoms with Crippen LogP contribution in [-0.2, 0) is 30.3 Å². The molecule has 280 valence electrons. The minimum atomic E-state index is -2.61. The number of rotatable bonds is 23. The summed E-state index contributed by atoms with van der Waals surface area (Å²) in [5.74, 6) is -4.25. The lowest BCUT2D eigenvalue weighted by Gasteiger charge is -2.35. The maximum Gasteiger partial charge on any atom is 0.340 e. The van der Waals surface area contributed by atoms with Gasteiger partial charge in [-0.2, -0.15) is 0 Å². The molecule has 0 heterocycles. The second kappa shape index (κ2) is 22.0. The van der Waals surface area contributed by atoms with Crippen molar-refractivity contribution in [3.05, 3.63) is 42.0 Å². The predicted molar refractivity (Wildman–Crippen MR) is 192 cm³/mol. The SMILES string of the molecule is CCCCCCCC(O)CCCCCC/C=C/[C@H](C(=O)N[C@H](CO)Cc1ccc(O)cc1)[C@@](O)(CC(=O)OC(C)(C)C)C(=O)OC(C)(C)C. The van der Waals surface area contributed by atoms with Crippen molar-refractivity contribution in [2.45, 2.75) is 167 Å². The van der Waals surface area contributed by atoms with Gasteiger partial charge in [-0.3, -0.25) is 9.59 Å². The number of aromatic hydroxyl groups is 1. The number of carbonyl (C=O) groups is 3. The number of phenols is 1. The number of nitrogens with one attached hydrogen (secondary N) is 1. The van der Waals surface area contributed by atoms with Crippen LogP contribution in [0.4, 0.5) is 0 Å². The third-order valence-corrected chi connectivity index (χ3v) is 8.00. The molecule has 49 heavy (non-hydrogen) atoms. The topological polar surface area (TPSA) is 163 Å². The molecule has 1 aromatic rings. The van der Waals surface area contributed by atoms with Gasteiger partial charge in [0.1, 0.15) is 17.0 Å². The maximum atomic E-state index is 13.9. The van der Waals surface area contributed by atoms with Crippen LogP contribution in [0.15, 0.2) is 36.4 Å². The number of esters is 2.